The van der Waals surface area contributed by atoms with Gasteiger partial charge in [0.25, 0.3) is 0 Å². The summed E-state index contributed by atoms with van der Waals surface area (Å²) in [6.45, 7) is 12.5. The van der Waals surface area contributed by atoms with Crippen LogP contribution >= 0.6 is 0 Å². The van der Waals surface area contributed by atoms with Crippen LogP contribution in [0, 0.1) is 27.7 Å². The molecule has 0 aliphatic heterocycles. The van der Waals surface area contributed by atoms with E-state index < -0.39 is 0 Å². The van der Waals surface area contributed by atoms with Crippen molar-refractivity contribution in [2.24, 2.45) is 9.98 Å². The molecule has 3 rings (SSSR count). The predicted molar refractivity (Wildman–Crippen MR) is 116 cm³/mol. The van der Waals surface area contributed by atoms with E-state index in [0.717, 1.165) is 34.2 Å². The number of aromatic amines is 1. The average Bonchev–Trinajstić information content (AvgIpc) is 3.12. The van der Waals surface area contributed by atoms with Crippen molar-refractivity contribution in [2.75, 3.05) is 0 Å². The van der Waals surface area contributed by atoms with Crippen LogP contribution in [-0.2, 0) is 0 Å². The topological polar surface area (TPSA) is 40.5 Å². The van der Waals surface area contributed by atoms with Crippen molar-refractivity contribution in [3.63, 3.8) is 0 Å². The van der Waals surface area contributed by atoms with Gasteiger partial charge >= 0.3 is 0 Å². The van der Waals surface area contributed by atoms with Crippen LogP contribution in [0.5, 0.6) is 0 Å². The molecule has 0 bridgehead atoms. The van der Waals surface area contributed by atoms with Crippen LogP contribution < -0.4 is 0 Å². The minimum Gasteiger partial charge on any atom is -0.353 e. The second-order valence-corrected chi connectivity index (χ2v) is 7.16. The van der Waals surface area contributed by atoms with Gasteiger partial charge in [0.05, 0.1) is 34.2 Å². The molecule has 0 saturated heterocycles. The number of nitrogens with zero attached hydrogens (tertiary/aromatic N) is 2. The number of hydrogen-bond donors (Lipinski definition) is 1. The number of benzene rings is 2. The Morgan fingerprint density at radius 3 is 1.26 bits per heavy atom. The van der Waals surface area contributed by atoms with Crippen LogP contribution in [-0.4, -0.2) is 16.4 Å². The van der Waals surface area contributed by atoms with Gasteiger partial charge in [-0.25, -0.2) is 0 Å². The summed E-state index contributed by atoms with van der Waals surface area (Å²) in [5, 5.41) is 0. The van der Waals surface area contributed by atoms with Gasteiger partial charge in [-0.1, -0.05) is 36.4 Å². The van der Waals surface area contributed by atoms with Gasteiger partial charge < -0.3 is 4.98 Å². The number of aryl methyl sites for hydroxylation is 4. The highest BCUT2D eigenvalue weighted by Gasteiger charge is 2.08. The molecule has 3 nitrogen and oxygen atoms in total. The summed E-state index contributed by atoms with van der Waals surface area (Å²) in [6, 6.07) is 16.7. The molecule has 3 heteroatoms. The Labute approximate surface area is 161 Å². The van der Waals surface area contributed by atoms with Gasteiger partial charge in [0, 0.05) is 0 Å². The molecule has 0 unspecified atom stereocenters. The molecule has 3 aromatic rings. The molecule has 0 atom stereocenters. The Hall–Kier alpha value is -2.94. The van der Waals surface area contributed by atoms with E-state index in [1.807, 2.05) is 13.8 Å². The van der Waals surface area contributed by atoms with Crippen molar-refractivity contribution in [3.05, 3.63) is 82.2 Å². The van der Waals surface area contributed by atoms with Gasteiger partial charge in [-0.05, 0) is 75.9 Å². The summed E-state index contributed by atoms with van der Waals surface area (Å²) in [5.74, 6) is 0. The van der Waals surface area contributed by atoms with Crippen LogP contribution in [0.2, 0.25) is 0 Å². The number of aliphatic imine (C=N–C) groups is 2. The number of H-pyrrole nitrogens is 1. The molecule has 1 heterocycles. The Kier molecular flexibility index (Phi) is 5.41. The fourth-order valence-electron chi connectivity index (χ4n) is 3.24. The monoisotopic (exact) mass is 357 g/mol. The zero-order chi connectivity index (χ0) is 19.6. The third kappa shape index (κ3) is 4.08. The molecule has 138 valence electrons. The number of rotatable bonds is 4. The van der Waals surface area contributed by atoms with Gasteiger partial charge in [-0.15, -0.1) is 0 Å². The quantitative estimate of drug-likeness (QED) is 0.516. The molecular formula is C24H27N3. The molecule has 1 N–H and O–H groups in total. The standard InChI is InChI=1S/C24H27N3/c1-15-9-7-10-16(2)23(15)25-19(5)21-13-14-22(27-21)20(6)26-24-17(3)11-8-12-18(24)4/h7-14,27H,1-6H3. The molecule has 0 saturated carbocycles. The minimum absolute atomic E-state index is 0.971. The smallest absolute Gasteiger partial charge is 0.0692 e. The Balaban J connectivity index is 1.92. The molecule has 0 aliphatic carbocycles. The van der Waals surface area contributed by atoms with E-state index >= 15 is 0 Å². The van der Waals surface area contributed by atoms with Gasteiger partial charge in [-0.3, -0.25) is 9.98 Å². The predicted octanol–water partition coefficient (Wildman–Crippen LogP) is 6.53. The maximum absolute atomic E-state index is 4.86. The molecule has 0 fully saturated rings. The fraction of sp³-hybridized carbons (Fsp3) is 0.250. The van der Waals surface area contributed by atoms with E-state index in [4.69, 9.17) is 9.98 Å². The highest BCUT2D eigenvalue weighted by Crippen LogP contribution is 2.25. The number of hydrogen-bond acceptors (Lipinski definition) is 2. The third-order valence-electron chi connectivity index (χ3n) is 4.90. The number of aromatic nitrogens is 1. The minimum atomic E-state index is 0.971. The Morgan fingerprint density at radius 1 is 0.593 bits per heavy atom. The molecule has 1 aromatic heterocycles. The molecule has 0 spiro atoms. The Morgan fingerprint density at radius 2 is 0.926 bits per heavy atom. The normalized spacial score (nSPS) is 12.5. The molecule has 2 aromatic carbocycles. The maximum atomic E-state index is 4.86. The van der Waals surface area contributed by atoms with Crippen molar-refractivity contribution < 1.29 is 0 Å². The molecule has 0 radical (unpaired) electrons. The van der Waals surface area contributed by atoms with E-state index in [1.54, 1.807) is 0 Å². The van der Waals surface area contributed by atoms with Crippen molar-refractivity contribution in [2.45, 2.75) is 41.5 Å². The largest absolute Gasteiger partial charge is 0.353 e. The lowest BCUT2D eigenvalue weighted by Gasteiger charge is -2.07. The van der Waals surface area contributed by atoms with Crippen LogP contribution in [0.15, 0.2) is 58.5 Å². The summed E-state index contributed by atoms with van der Waals surface area (Å²) in [7, 11) is 0. The van der Waals surface area contributed by atoms with Crippen molar-refractivity contribution in [3.8, 4) is 0 Å². The zero-order valence-electron chi connectivity index (χ0n) is 17.0. The highest BCUT2D eigenvalue weighted by atomic mass is 14.8. The molecule has 0 aliphatic rings. The van der Waals surface area contributed by atoms with Crippen molar-refractivity contribution in [1.82, 2.24) is 4.98 Å². The number of nitrogens with one attached hydrogen (secondary N) is 1. The summed E-state index contributed by atoms with van der Waals surface area (Å²) in [6.07, 6.45) is 0. The molecular weight excluding hydrogens is 330 g/mol. The van der Waals surface area contributed by atoms with E-state index in [0.29, 0.717) is 0 Å². The van der Waals surface area contributed by atoms with Crippen LogP contribution in [0.1, 0.15) is 47.5 Å². The van der Waals surface area contributed by atoms with Gasteiger partial charge in [0.15, 0.2) is 0 Å². The molecule has 0 amide bonds. The first-order valence-electron chi connectivity index (χ1n) is 9.29. The first-order valence-corrected chi connectivity index (χ1v) is 9.29. The van der Waals surface area contributed by atoms with Gasteiger partial charge in [-0.2, -0.15) is 0 Å². The maximum Gasteiger partial charge on any atom is 0.0692 e. The summed E-state index contributed by atoms with van der Waals surface area (Å²) >= 11 is 0. The van der Waals surface area contributed by atoms with Crippen LogP contribution in [0.3, 0.4) is 0 Å². The molecule has 27 heavy (non-hydrogen) atoms. The lowest BCUT2D eigenvalue weighted by molar-refractivity contribution is 1.27. The highest BCUT2D eigenvalue weighted by molar-refractivity contribution is 6.03. The summed E-state index contributed by atoms with van der Waals surface area (Å²) < 4.78 is 0. The lowest BCUT2D eigenvalue weighted by atomic mass is 10.1. The first kappa shape index (κ1) is 18.8. The lowest BCUT2D eigenvalue weighted by Crippen LogP contribution is -1.99. The Bertz CT molecular complexity index is 913. The SMILES string of the molecule is CC(=Nc1c(C)cccc1C)c1ccc(C(C)=Nc2c(C)cccc2C)[nH]1. The van der Waals surface area contributed by atoms with Crippen LogP contribution in [0.4, 0.5) is 11.4 Å². The first-order chi connectivity index (χ1) is 12.9. The second kappa shape index (κ2) is 7.75. The van der Waals surface area contributed by atoms with E-state index in [9.17, 15) is 0 Å². The zero-order valence-corrected chi connectivity index (χ0v) is 17.0. The summed E-state index contributed by atoms with van der Waals surface area (Å²) in [5.41, 5.74) is 10.8. The van der Waals surface area contributed by atoms with E-state index in [1.165, 1.54) is 22.3 Å². The number of para-hydroxylation sites is 2. The van der Waals surface area contributed by atoms with Gasteiger partial charge in [0.1, 0.15) is 0 Å². The van der Waals surface area contributed by atoms with Crippen molar-refractivity contribution in [1.29, 1.82) is 0 Å². The fourth-order valence-corrected chi connectivity index (χ4v) is 3.24. The summed E-state index contributed by atoms with van der Waals surface area (Å²) in [4.78, 5) is 13.2. The van der Waals surface area contributed by atoms with Crippen LogP contribution in [0.25, 0.3) is 0 Å². The van der Waals surface area contributed by atoms with E-state index in [-0.39, 0.29) is 0 Å². The average molecular weight is 358 g/mol. The van der Waals surface area contributed by atoms with E-state index in [2.05, 4.69) is 81.2 Å². The van der Waals surface area contributed by atoms with Crippen molar-refractivity contribution >= 4 is 22.8 Å². The van der Waals surface area contributed by atoms with Gasteiger partial charge in [0.2, 0.25) is 0 Å². The second-order valence-electron chi connectivity index (χ2n) is 7.16. The third-order valence-corrected chi connectivity index (χ3v) is 4.90.